The maximum atomic E-state index is 11.6. The van der Waals surface area contributed by atoms with Gasteiger partial charge in [-0.15, -0.1) is 0 Å². The summed E-state index contributed by atoms with van der Waals surface area (Å²) in [5.41, 5.74) is 0.531. The first-order valence-corrected chi connectivity index (χ1v) is 6.19. The Kier molecular flexibility index (Phi) is 4.78. The molecule has 0 unspecified atom stereocenters. The standard InChI is InChI=1S/C16H13NO4/c1-19-13-6-8-15(9-7-13)21-16(18)11-20-14-4-2-12(10-17)3-5-14/h2-9H,11H2,1H3. The van der Waals surface area contributed by atoms with Crippen LogP contribution in [0.4, 0.5) is 0 Å². The zero-order valence-electron chi connectivity index (χ0n) is 11.4. The molecule has 0 fully saturated rings. The smallest absolute Gasteiger partial charge is 0.349 e. The van der Waals surface area contributed by atoms with Gasteiger partial charge in [-0.2, -0.15) is 5.26 Å². The van der Waals surface area contributed by atoms with Crippen LogP contribution in [-0.2, 0) is 4.79 Å². The second kappa shape index (κ2) is 6.96. The Balaban J connectivity index is 1.84. The minimum atomic E-state index is -0.510. The fourth-order valence-corrected chi connectivity index (χ4v) is 1.57. The Labute approximate surface area is 122 Å². The van der Waals surface area contributed by atoms with E-state index in [9.17, 15) is 4.79 Å². The molecule has 5 nitrogen and oxygen atoms in total. The number of benzene rings is 2. The molecule has 0 saturated heterocycles. The van der Waals surface area contributed by atoms with Gasteiger partial charge in [0.15, 0.2) is 6.61 Å². The number of nitriles is 1. The van der Waals surface area contributed by atoms with E-state index in [2.05, 4.69) is 0 Å². The number of methoxy groups -OCH3 is 1. The minimum absolute atomic E-state index is 0.210. The van der Waals surface area contributed by atoms with Crippen LogP contribution in [0.2, 0.25) is 0 Å². The molecule has 0 atom stereocenters. The third-order valence-electron chi connectivity index (χ3n) is 2.63. The number of carbonyl (C=O) groups excluding carboxylic acids is 1. The average molecular weight is 283 g/mol. The van der Waals surface area contributed by atoms with E-state index in [1.807, 2.05) is 6.07 Å². The summed E-state index contributed by atoms with van der Waals surface area (Å²) in [6, 6.07) is 15.2. The molecule has 0 aliphatic rings. The highest BCUT2D eigenvalue weighted by Gasteiger charge is 2.06. The van der Waals surface area contributed by atoms with Gasteiger partial charge in [0.2, 0.25) is 0 Å². The summed E-state index contributed by atoms with van der Waals surface area (Å²) >= 11 is 0. The van der Waals surface area contributed by atoms with Crippen molar-refractivity contribution in [2.45, 2.75) is 0 Å². The van der Waals surface area contributed by atoms with E-state index in [0.29, 0.717) is 22.8 Å². The van der Waals surface area contributed by atoms with E-state index in [-0.39, 0.29) is 6.61 Å². The van der Waals surface area contributed by atoms with Crippen LogP contribution < -0.4 is 14.2 Å². The van der Waals surface area contributed by atoms with Gasteiger partial charge in [0.25, 0.3) is 0 Å². The van der Waals surface area contributed by atoms with Crippen molar-refractivity contribution >= 4 is 5.97 Å². The molecule has 0 spiro atoms. The highest BCUT2D eigenvalue weighted by molar-refractivity contribution is 5.74. The maximum Gasteiger partial charge on any atom is 0.349 e. The highest BCUT2D eigenvalue weighted by atomic mass is 16.6. The molecule has 0 aliphatic carbocycles. The number of nitrogens with zero attached hydrogens (tertiary/aromatic N) is 1. The Bertz CT molecular complexity index is 641. The molecule has 0 amide bonds. The van der Waals surface area contributed by atoms with Crippen LogP contribution in [0.15, 0.2) is 48.5 Å². The van der Waals surface area contributed by atoms with Crippen LogP contribution >= 0.6 is 0 Å². The second-order valence-corrected chi connectivity index (χ2v) is 4.07. The average Bonchev–Trinajstić information content (AvgIpc) is 2.54. The summed E-state index contributed by atoms with van der Waals surface area (Å²) in [6.07, 6.45) is 0. The lowest BCUT2D eigenvalue weighted by Crippen LogP contribution is -2.17. The lowest BCUT2D eigenvalue weighted by molar-refractivity contribution is -0.136. The molecule has 21 heavy (non-hydrogen) atoms. The van der Waals surface area contributed by atoms with Crippen LogP contribution in [0.3, 0.4) is 0 Å². The Morgan fingerprint density at radius 3 is 2.14 bits per heavy atom. The third-order valence-corrected chi connectivity index (χ3v) is 2.63. The molecule has 2 aromatic rings. The Morgan fingerprint density at radius 2 is 1.57 bits per heavy atom. The molecular formula is C16H13NO4. The van der Waals surface area contributed by atoms with Crippen molar-refractivity contribution in [1.29, 1.82) is 5.26 Å². The van der Waals surface area contributed by atoms with E-state index in [1.54, 1.807) is 55.6 Å². The predicted molar refractivity (Wildman–Crippen MR) is 75.3 cm³/mol. The molecule has 0 heterocycles. The normalized spacial score (nSPS) is 9.52. The summed E-state index contributed by atoms with van der Waals surface area (Å²) in [7, 11) is 1.56. The predicted octanol–water partition coefficient (Wildman–Crippen LogP) is 2.55. The van der Waals surface area contributed by atoms with E-state index in [1.165, 1.54) is 0 Å². The minimum Gasteiger partial charge on any atom is -0.497 e. The quantitative estimate of drug-likeness (QED) is 0.623. The first-order chi connectivity index (χ1) is 10.2. The third kappa shape index (κ3) is 4.25. The zero-order chi connectivity index (χ0) is 15.1. The number of esters is 1. The zero-order valence-corrected chi connectivity index (χ0v) is 11.4. The maximum absolute atomic E-state index is 11.6. The summed E-state index contributed by atoms with van der Waals surface area (Å²) in [4.78, 5) is 11.6. The van der Waals surface area contributed by atoms with Crippen molar-refractivity contribution in [3.63, 3.8) is 0 Å². The van der Waals surface area contributed by atoms with Gasteiger partial charge in [-0.3, -0.25) is 0 Å². The van der Waals surface area contributed by atoms with Crippen molar-refractivity contribution in [1.82, 2.24) is 0 Å². The molecule has 2 aromatic carbocycles. The van der Waals surface area contributed by atoms with Crippen molar-refractivity contribution in [3.8, 4) is 23.3 Å². The number of ether oxygens (including phenoxy) is 3. The van der Waals surface area contributed by atoms with Gasteiger partial charge in [-0.25, -0.2) is 4.79 Å². The van der Waals surface area contributed by atoms with Crippen LogP contribution in [-0.4, -0.2) is 19.7 Å². The van der Waals surface area contributed by atoms with Gasteiger partial charge < -0.3 is 14.2 Å². The van der Waals surface area contributed by atoms with Crippen LogP contribution in [0.25, 0.3) is 0 Å². The topological polar surface area (TPSA) is 68.6 Å². The Hall–Kier alpha value is -3.00. The molecule has 106 valence electrons. The fraction of sp³-hybridized carbons (Fsp3) is 0.125. The molecule has 0 N–H and O–H groups in total. The largest absolute Gasteiger partial charge is 0.497 e. The molecule has 5 heteroatoms. The lowest BCUT2D eigenvalue weighted by Gasteiger charge is -2.07. The van der Waals surface area contributed by atoms with Crippen LogP contribution in [0, 0.1) is 11.3 Å². The first-order valence-electron chi connectivity index (χ1n) is 6.19. The summed E-state index contributed by atoms with van der Waals surface area (Å²) < 4.78 is 15.4. The molecule has 0 radical (unpaired) electrons. The number of hydrogen-bond acceptors (Lipinski definition) is 5. The van der Waals surface area contributed by atoms with E-state index in [4.69, 9.17) is 19.5 Å². The summed E-state index contributed by atoms with van der Waals surface area (Å²) in [5.74, 6) is 1.10. The number of hydrogen-bond donors (Lipinski definition) is 0. The summed E-state index contributed by atoms with van der Waals surface area (Å²) in [5, 5.41) is 8.67. The van der Waals surface area contributed by atoms with Gasteiger partial charge in [0.1, 0.15) is 17.2 Å². The molecule has 2 rings (SSSR count). The lowest BCUT2D eigenvalue weighted by atomic mass is 10.2. The van der Waals surface area contributed by atoms with Crippen molar-refractivity contribution in [2.75, 3.05) is 13.7 Å². The monoisotopic (exact) mass is 283 g/mol. The van der Waals surface area contributed by atoms with E-state index < -0.39 is 5.97 Å². The van der Waals surface area contributed by atoms with E-state index >= 15 is 0 Å². The second-order valence-electron chi connectivity index (χ2n) is 4.07. The molecule has 0 saturated carbocycles. The fourth-order valence-electron chi connectivity index (χ4n) is 1.57. The van der Waals surface area contributed by atoms with Gasteiger partial charge in [-0.1, -0.05) is 0 Å². The first kappa shape index (κ1) is 14.4. The van der Waals surface area contributed by atoms with Crippen molar-refractivity contribution in [2.24, 2.45) is 0 Å². The van der Waals surface area contributed by atoms with Gasteiger partial charge >= 0.3 is 5.97 Å². The van der Waals surface area contributed by atoms with Gasteiger partial charge in [0.05, 0.1) is 18.7 Å². The molecule has 0 bridgehead atoms. The molecule has 0 aromatic heterocycles. The molecular weight excluding hydrogens is 270 g/mol. The Morgan fingerprint density at radius 1 is 1.00 bits per heavy atom. The van der Waals surface area contributed by atoms with E-state index in [0.717, 1.165) is 0 Å². The highest BCUT2D eigenvalue weighted by Crippen LogP contribution is 2.17. The SMILES string of the molecule is COc1ccc(OC(=O)COc2ccc(C#N)cc2)cc1. The summed E-state index contributed by atoms with van der Waals surface area (Å²) in [6.45, 7) is -0.210. The van der Waals surface area contributed by atoms with Crippen molar-refractivity contribution < 1.29 is 19.0 Å². The van der Waals surface area contributed by atoms with Gasteiger partial charge in [0, 0.05) is 0 Å². The van der Waals surface area contributed by atoms with Gasteiger partial charge in [-0.05, 0) is 48.5 Å². The van der Waals surface area contributed by atoms with Crippen LogP contribution in [0.1, 0.15) is 5.56 Å². The number of rotatable bonds is 5. The number of carbonyl (C=O) groups is 1. The van der Waals surface area contributed by atoms with Crippen molar-refractivity contribution in [3.05, 3.63) is 54.1 Å². The van der Waals surface area contributed by atoms with Crippen LogP contribution in [0.5, 0.6) is 17.2 Å². The molecule has 0 aliphatic heterocycles.